The molecule has 0 fully saturated rings. The van der Waals surface area contributed by atoms with Crippen LogP contribution in [0.4, 0.5) is 0 Å². The Labute approximate surface area is 77.2 Å². The van der Waals surface area contributed by atoms with E-state index in [-0.39, 0.29) is 0 Å². The SMILES string of the molecule is C=CCNCC(C)CCCCC. The molecule has 0 heterocycles. The lowest BCUT2D eigenvalue weighted by Crippen LogP contribution is -2.20. The van der Waals surface area contributed by atoms with Gasteiger partial charge in [-0.3, -0.25) is 0 Å². The number of hydrogen-bond donors (Lipinski definition) is 1. The maximum absolute atomic E-state index is 3.67. The molecule has 0 amide bonds. The summed E-state index contributed by atoms with van der Waals surface area (Å²) in [4.78, 5) is 0. The molecule has 0 aliphatic carbocycles. The van der Waals surface area contributed by atoms with Gasteiger partial charge in [-0.05, 0) is 18.9 Å². The standard InChI is InChI=1S/C11H23N/c1-4-6-7-8-11(3)10-12-9-5-2/h5,11-12H,2,4,6-10H2,1,3H3. The molecular formula is C11H23N. The first-order valence-electron chi connectivity index (χ1n) is 5.12. The maximum Gasteiger partial charge on any atom is 0.0132 e. The van der Waals surface area contributed by atoms with Crippen LogP contribution in [0.15, 0.2) is 12.7 Å². The van der Waals surface area contributed by atoms with Gasteiger partial charge in [0.05, 0.1) is 0 Å². The molecule has 0 radical (unpaired) electrons. The van der Waals surface area contributed by atoms with E-state index in [0.717, 1.165) is 19.0 Å². The molecule has 0 aliphatic rings. The van der Waals surface area contributed by atoms with Gasteiger partial charge in [0, 0.05) is 6.54 Å². The maximum atomic E-state index is 3.67. The Morgan fingerprint density at radius 2 is 2.17 bits per heavy atom. The summed E-state index contributed by atoms with van der Waals surface area (Å²) in [6, 6.07) is 0. The highest BCUT2D eigenvalue weighted by Gasteiger charge is 1.99. The average molecular weight is 169 g/mol. The molecule has 1 atom stereocenters. The van der Waals surface area contributed by atoms with Gasteiger partial charge in [-0.25, -0.2) is 0 Å². The lowest BCUT2D eigenvalue weighted by atomic mass is 10.0. The zero-order valence-electron chi connectivity index (χ0n) is 8.60. The van der Waals surface area contributed by atoms with Gasteiger partial charge in [0.25, 0.3) is 0 Å². The van der Waals surface area contributed by atoms with Crippen molar-refractivity contribution in [3.63, 3.8) is 0 Å². The van der Waals surface area contributed by atoms with Gasteiger partial charge in [-0.15, -0.1) is 6.58 Å². The van der Waals surface area contributed by atoms with Crippen molar-refractivity contribution in [2.24, 2.45) is 5.92 Å². The minimum Gasteiger partial charge on any atom is -0.313 e. The lowest BCUT2D eigenvalue weighted by molar-refractivity contribution is 0.468. The third kappa shape index (κ3) is 7.80. The third-order valence-corrected chi connectivity index (χ3v) is 2.08. The second-order valence-electron chi connectivity index (χ2n) is 3.55. The van der Waals surface area contributed by atoms with Crippen LogP contribution in [0.1, 0.15) is 39.5 Å². The van der Waals surface area contributed by atoms with E-state index in [9.17, 15) is 0 Å². The molecule has 1 unspecified atom stereocenters. The van der Waals surface area contributed by atoms with Gasteiger partial charge in [0.2, 0.25) is 0 Å². The monoisotopic (exact) mass is 169 g/mol. The lowest BCUT2D eigenvalue weighted by Gasteiger charge is -2.10. The number of nitrogens with one attached hydrogen (secondary N) is 1. The topological polar surface area (TPSA) is 12.0 Å². The van der Waals surface area contributed by atoms with Gasteiger partial charge in [0.1, 0.15) is 0 Å². The first-order valence-corrected chi connectivity index (χ1v) is 5.12. The van der Waals surface area contributed by atoms with Crippen LogP contribution in [0.2, 0.25) is 0 Å². The molecule has 0 saturated heterocycles. The molecule has 0 aromatic heterocycles. The largest absolute Gasteiger partial charge is 0.313 e. The molecule has 0 saturated carbocycles. The van der Waals surface area contributed by atoms with E-state index in [2.05, 4.69) is 25.7 Å². The van der Waals surface area contributed by atoms with Crippen molar-refractivity contribution in [2.45, 2.75) is 39.5 Å². The average Bonchev–Trinajstić information content (AvgIpc) is 2.06. The Bertz CT molecular complexity index is 99.2. The number of rotatable bonds is 8. The van der Waals surface area contributed by atoms with Crippen molar-refractivity contribution in [3.05, 3.63) is 12.7 Å². The summed E-state index contributed by atoms with van der Waals surface area (Å²) in [6.07, 6.45) is 7.36. The van der Waals surface area contributed by atoms with Crippen LogP contribution in [-0.4, -0.2) is 13.1 Å². The molecular weight excluding hydrogens is 146 g/mol. The van der Waals surface area contributed by atoms with E-state index in [1.54, 1.807) is 0 Å². The van der Waals surface area contributed by atoms with E-state index >= 15 is 0 Å². The first-order chi connectivity index (χ1) is 5.81. The molecule has 0 spiro atoms. The van der Waals surface area contributed by atoms with Crippen LogP contribution in [0.3, 0.4) is 0 Å². The fourth-order valence-corrected chi connectivity index (χ4v) is 1.28. The predicted molar refractivity (Wildman–Crippen MR) is 56.4 cm³/mol. The Balaban J connectivity index is 3.09. The number of hydrogen-bond acceptors (Lipinski definition) is 1. The van der Waals surface area contributed by atoms with Crippen LogP contribution >= 0.6 is 0 Å². The molecule has 12 heavy (non-hydrogen) atoms. The van der Waals surface area contributed by atoms with Crippen molar-refractivity contribution in [1.82, 2.24) is 5.32 Å². The van der Waals surface area contributed by atoms with Gasteiger partial charge in [-0.1, -0.05) is 39.2 Å². The second kappa shape index (κ2) is 8.79. The predicted octanol–water partition coefficient (Wildman–Crippen LogP) is 2.98. The first kappa shape index (κ1) is 11.7. The summed E-state index contributed by atoms with van der Waals surface area (Å²) in [6.45, 7) is 10.3. The molecule has 0 bridgehead atoms. The Morgan fingerprint density at radius 1 is 1.42 bits per heavy atom. The van der Waals surface area contributed by atoms with Gasteiger partial charge < -0.3 is 5.32 Å². The van der Waals surface area contributed by atoms with Crippen LogP contribution in [0, 0.1) is 5.92 Å². The molecule has 72 valence electrons. The Kier molecular flexibility index (Phi) is 8.57. The normalized spacial score (nSPS) is 12.8. The molecule has 1 nitrogen and oxygen atoms in total. The summed E-state index contributed by atoms with van der Waals surface area (Å²) in [5.74, 6) is 0.816. The van der Waals surface area contributed by atoms with Crippen LogP contribution in [-0.2, 0) is 0 Å². The van der Waals surface area contributed by atoms with Crippen molar-refractivity contribution >= 4 is 0 Å². The van der Waals surface area contributed by atoms with E-state index in [4.69, 9.17) is 0 Å². The third-order valence-electron chi connectivity index (χ3n) is 2.08. The molecule has 0 aliphatic heterocycles. The molecule has 0 rings (SSSR count). The van der Waals surface area contributed by atoms with Gasteiger partial charge >= 0.3 is 0 Å². The van der Waals surface area contributed by atoms with Crippen LogP contribution in [0.5, 0.6) is 0 Å². The summed E-state index contributed by atoms with van der Waals surface area (Å²) < 4.78 is 0. The molecule has 1 N–H and O–H groups in total. The highest BCUT2D eigenvalue weighted by molar-refractivity contribution is 4.70. The fraction of sp³-hybridized carbons (Fsp3) is 0.818. The summed E-state index contributed by atoms with van der Waals surface area (Å²) in [5, 5.41) is 3.34. The molecule has 0 aromatic rings. The van der Waals surface area contributed by atoms with Crippen molar-refractivity contribution < 1.29 is 0 Å². The summed E-state index contributed by atoms with van der Waals surface area (Å²) in [5.41, 5.74) is 0. The highest BCUT2D eigenvalue weighted by Crippen LogP contribution is 2.07. The summed E-state index contributed by atoms with van der Waals surface area (Å²) in [7, 11) is 0. The van der Waals surface area contributed by atoms with Crippen molar-refractivity contribution in [1.29, 1.82) is 0 Å². The van der Waals surface area contributed by atoms with Gasteiger partial charge in [0.15, 0.2) is 0 Å². The van der Waals surface area contributed by atoms with Crippen LogP contribution < -0.4 is 5.32 Å². The van der Waals surface area contributed by atoms with E-state index < -0.39 is 0 Å². The van der Waals surface area contributed by atoms with Crippen molar-refractivity contribution in [2.75, 3.05) is 13.1 Å². The summed E-state index contributed by atoms with van der Waals surface area (Å²) >= 11 is 0. The zero-order valence-corrected chi connectivity index (χ0v) is 8.60. The molecule has 0 aromatic carbocycles. The minimum atomic E-state index is 0.816. The Hall–Kier alpha value is -0.300. The van der Waals surface area contributed by atoms with Gasteiger partial charge in [-0.2, -0.15) is 0 Å². The minimum absolute atomic E-state index is 0.816. The Morgan fingerprint density at radius 3 is 2.75 bits per heavy atom. The van der Waals surface area contributed by atoms with Crippen molar-refractivity contribution in [3.8, 4) is 0 Å². The smallest absolute Gasteiger partial charge is 0.0132 e. The highest BCUT2D eigenvalue weighted by atomic mass is 14.8. The zero-order chi connectivity index (χ0) is 9.23. The van der Waals surface area contributed by atoms with E-state index in [1.807, 2.05) is 6.08 Å². The second-order valence-corrected chi connectivity index (χ2v) is 3.55. The quantitative estimate of drug-likeness (QED) is 0.435. The van der Waals surface area contributed by atoms with Crippen LogP contribution in [0.25, 0.3) is 0 Å². The van der Waals surface area contributed by atoms with E-state index in [0.29, 0.717) is 0 Å². The van der Waals surface area contributed by atoms with E-state index in [1.165, 1.54) is 25.7 Å². The fourth-order valence-electron chi connectivity index (χ4n) is 1.28. The molecule has 1 heteroatoms. The number of unbranched alkanes of at least 4 members (excludes halogenated alkanes) is 2.